The normalized spacial score (nSPS) is 14.3. The summed E-state index contributed by atoms with van der Waals surface area (Å²) in [7, 11) is 1.83. The largest absolute Gasteiger partial charge is 0.297 e. The van der Waals surface area contributed by atoms with Gasteiger partial charge in [-0.3, -0.25) is 5.32 Å². The molecule has 1 unspecified atom stereocenters. The van der Waals surface area contributed by atoms with Crippen molar-refractivity contribution in [3.63, 3.8) is 0 Å². The topological polar surface area (TPSA) is 79.4 Å². The van der Waals surface area contributed by atoms with Gasteiger partial charge in [0, 0.05) is 18.8 Å². The number of nitrogens with one attached hydrogen (secondary N) is 1. The van der Waals surface area contributed by atoms with Crippen molar-refractivity contribution in [3.05, 3.63) is 0 Å². The minimum absolute atomic E-state index is 0.315. The van der Waals surface area contributed by atoms with Gasteiger partial charge >= 0.3 is 0 Å². The van der Waals surface area contributed by atoms with Gasteiger partial charge in [0.05, 0.1) is 6.07 Å². The maximum absolute atomic E-state index is 9.40. The molecule has 7 heteroatoms. The quantitative estimate of drug-likeness (QED) is 0.578. The van der Waals surface area contributed by atoms with Gasteiger partial charge in [0.2, 0.25) is 5.16 Å². The molecule has 1 N–H and O–H groups in total. The van der Waals surface area contributed by atoms with Crippen LogP contribution >= 0.6 is 11.8 Å². The predicted octanol–water partition coefficient (Wildman–Crippen LogP) is 1.75. The molecule has 1 rings (SSSR count). The van der Waals surface area contributed by atoms with Crippen LogP contribution in [0.15, 0.2) is 5.16 Å². The summed E-state index contributed by atoms with van der Waals surface area (Å²) in [5.41, 5.74) is -0.410. The summed E-state index contributed by atoms with van der Waals surface area (Å²) < 4.78 is 1.66. The van der Waals surface area contributed by atoms with Gasteiger partial charge < -0.3 is 0 Å². The van der Waals surface area contributed by atoms with E-state index in [0.29, 0.717) is 6.04 Å². The second-order valence-corrected chi connectivity index (χ2v) is 5.95. The number of aryl methyl sites for hydroxylation is 1. The van der Waals surface area contributed by atoms with Gasteiger partial charge in [0.15, 0.2) is 0 Å². The molecule has 6 nitrogen and oxygen atoms in total. The van der Waals surface area contributed by atoms with E-state index in [-0.39, 0.29) is 0 Å². The lowest BCUT2D eigenvalue weighted by atomic mass is 9.91. The molecule has 0 aliphatic heterocycles. The van der Waals surface area contributed by atoms with E-state index in [1.54, 1.807) is 16.4 Å². The lowest BCUT2D eigenvalue weighted by molar-refractivity contribution is 0.341. The van der Waals surface area contributed by atoms with Crippen molar-refractivity contribution in [2.45, 2.75) is 56.8 Å². The molecule has 0 aliphatic carbocycles. The van der Waals surface area contributed by atoms with Crippen molar-refractivity contribution in [2.24, 2.45) is 7.05 Å². The first-order valence-corrected chi connectivity index (χ1v) is 7.55. The molecule has 0 spiro atoms. The Bertz CT molecular complexity index is 424. The van der Waals surface area contributed by atoms with E-state index in [4.69, 9.17) is 0 Å². The second kappa shape index (κ2) is 7.46. The SMILES string of the molecule is CCC(C#N)(CCCSc1nnnn1C)NC(C)C. The molecule has 1 aromatic rings. The van der Waals surface area contributed by atoms with Crippen molar-refractivity contribution >= 4 is 11.8 Å². The van der Waals surface area contributed by atoms with Crippen LogP contribution in [0.2, 0.25) is 0 Å². The number of nitrogens with zero attached hydrogens (tertiary/aromatic N) is 5. The number of aromatic nitrogens is 4. The number of hydrogen-bond acceptors (Lipinski definition) is 6. The van der Waals surface area contributed by atoms with Crippen LogP contribution in [0.5, 0.6) is 0 Å². The van der Waals surface area contributed by atoms with E-state index in [9.17, 15) is 5.26 Å². The van der Waals surface area contributed by atoms with Crippen LogP contribution in [-0.2, 0) is 7.05 Å². The lowest BCUT2D eigenvalue weighted by Crippen LogP contribution is -2.47. The molecule has 1 atom stereocenters. The molecule has 0 aliphatic rings. The lowest BCUT2D eigenvalue weighted by Gasteiger charge is -2.29. The van der Waals surface area contributed by atoms with Gasteiger partial charge in [-0.15, -0.1) is 5.10 Å². The van der Waals surface area contributed by atoms with Crippen molar-refractivity contribution in [3.8, 4) is 6.07 Å². The Morgan fingerprint density at radius 1 is 1.53 bits per heavy atom. The fourth-order valence-corrected chi connectivity index (χ4v) is 2.74. The molecule has 0 amide bonds. The van der Waals surface area contributed by atoms with Crippen LogP contribution in [0.4, 0.5) is 0 Å². The van der Waals surface area contributed by atoms with Crippen LogP contribution in [0.25, 0.3) is 0 Å². The fraction of sp³-hybridized carbons (Fsp3) is 0.833. The van der Waals surface area contributed by atoms with Crippen LogP contribution < -0.4 is 5.32 Å². The molecule has 19 heavy (non-hydrogen) atoms. The predicted molar refractivity (Wildman–Crippen MR) is 75.7 cm³/mol. The van der Waals surface area contributed by atoms with E-state index in [2.05, 4.69) is 47.7 Å². The third-order valence-electron chi connectivity index (χ3n) is 2.94. The van der Waals surface area contributed by atoms with E-state index >= 15 is 0 Å². The van der Waals surface area contributed by atoms with Gasteiger partial charge in [-0.1, -0.05) is 18.7 Å². The van der Waals surface area contributed by atoms with Gasteiger partial charge in [0.1, 0.15) is 5.54 Å². The highest BCUT2D eigenvalue weighted by atomic mass is 32.2. The van der Waals surface area contributed by atoms with Crippen LogP contribution in [-0.4, -0.2) is 37.5 Å². The number of nitriles is 1. The molecule has 0 aromatic carbocycles. The summed E-state index contributed by atoms with van der Waals surface area (Å²) in [5.74, 6) is 0.914. The number of rotatable bonds is 8. The zero-order chi connectivity index (χ0) is 14.3. The minimum Gasteiger partial charge on any atom is -0.297 e. The van der Waals surface area contributed by atoms with E-state index in [1.807, 2.05) is 7.05 Å². The molecule has 1 heterocycles. The summed E-state index contributed by atoms with van der Waals surface area (Å²) >= 11 is 1.62. The Morgan fingerprint density at radius 3 is 2.74 bits per heavy atom. The average molecular weight is 282 g/mol. The van der Waals surface area contributed by atoms with Gasteiger partial charge in [-0.2, -0.15) is 5.26 Å². The summed E-state index contributed by atoms with van der Waals surface area (Å²) in [4.78, 5) is 0. The first-order valence-electron chi connectivity index (χ1n) is 6.57. The molecule has 0 bridgehead atoms. The van der Waals surface area contributed by atoms with Crippen LogP contribution in [0, 0.1) is 11.3 Å². The standard InChI is InChI=1S/C12H22N6S/c1-5-12(9-13,14-10(2)3)7-6-8-19-11-15-16-17-18(11)4/h10,14H,5-8H2,1-4H3. The smallest absolute Gasteiger partial charge is 0.209 e. The maximum atomic E-state index is 9.40. The number of thioether (sulfide) groups is 1. The second-order valence-electron chi connectivity index (χ2n) is 4.88. The Labute approximate surface area is 118 Å². The van der Waals surface area contributed by atoms with Gasteiger partial charge in [-0.05, 0) is 43.5 Å². The molecular formula is C12H22N6S. The highest BCUT2D eigenvalue weighted by molar-refractivity contribution is 7.99. The summed E-state index contributed by atoms with van der Waals surface area (Å²) in [6.07, 6.45) is 2.62. The molecule has 0 radical (unpaired) electrons. The third-order valence-corrected chi connectivity index (χ3v) is 4.04. The van der Waals surface area contributed by atoms with Crippen LogP contribution in [0.1, 0.15) is 40.0 Å². The number of hydrogen-bond donors (Lipinski definition) is 1. The average Bonchev–Trinajstić information content (AvgIpc) is 2.78. The zero-order valence-electron chi connectivity index (χ0n) is 12.1. The van der Waals surface area contributed by atoms with Crippen molar-refractivity contribution in [1.82, 2.24) is 25.5 Å². The fourth-order valence-electron chi connectivity index (χ4n) is 1.95. The molecule has 0 saturated carbocycles. The Hall–Kier alpha value is -1.13. The summed E-state index contributed by atoms with van der Waals surface area (Å²) in [6.45, 7) is 6.20. The Kier molecular flexibility index (Phi) is 6.25. The van der Waals surface area contributed by atoms with E-state index in [1.165, 1.54) is 0 Å². The number of tetrazole rings is 1. The summed E-state index contributed by atoms with van der Waals surface area (Å²) in [5, 5.41) is 24.9. The monoisotopic (exact) mass is 282 g/mol. The van der Waals surface area contributed by atoms with Crippen molar-refractivity contribution < 1.29 is 0 Å². The Morgan fingerprint density at radius 2 is 2.26 bits per heavy atom. The Balaban J connectivity index is 2.41. The van der Waals surface area contributed by atoms with Crippen LogP contribution in [0.3, 0.4) is 0 Å². The highest BCUT2D eigenvalue weighted by Gasteiger charge is 2.27. The third kappa shape index (κ3) is 4.80. The highest BCUT2D eigenvalue weighted by Crippen LogP contribution is 2.21. The van der Waals surface area contributed by atoms with Crippen molar-refractivity contribution in [1.29, 1.82) is 5.26 Å². The van der Waals surface area contributed by atoms with E-state index in [0.717, 1.165) is 30.2 Å². The van der Waals surface area contributed by atoms with Gasteiger partial charge in [0.25, 0.3) is 0 Å². The molecule has 0 saturated heterocycles. The maximum Gasteiger partial charge on any atom is 0.209 e. The van der Waals surface area contributed by atoms with Gasteiger partial charge in [-0.25, -0.2) is 4.68 Å². The first kappa shape index (κ1) is 15.9. The molecular weight excluding hydrogens is 260 g/mol. The molecule has 1 aromatic heterocycles. The zero-order valence-corrected chi connectivity index (χ0v) is 12.9. The molecule has 0 fully saturated rings. The van der Waals surface area contributed by atoms with Crippen molar-refractivity contribution in [2.75, 3.05) is 5.75 Å². The van der Waals surface area contributed by atoms with E-state index < -0.39 is 5.54 Å². The first-order chi connectivity index (χ1) is 9.03. The minimum atomic E-state index is -0.410. The molecule has 106 valence electrons. The summed E-state index contributed by atoms with van der Waals surface area (Å²) in [6, 6.07) is 2.75.